The van der Waals surface area contributed by atoms with E-state index in [-0.39, 0.29) is 21.6 Å². The van der Waals surface area contributed by atoms with Gasteiger partial charge in [0.05, 0.1) is 25.3 Å². The Morgan fingerprint density at radius 2 is 1.04 bits per heavy atom. The van der Waals surface area contributed by atoms with E-state index in [9.17, 15) is 20.1 Å². The van der Waals surface area contributed by atoms with Crippen molar-refractivity contribution in [2.24, 2.45) is 0 Å². The van der Waals surface area contributed by atoms with Crippen LogP contribution in [0, 0.1) is 35.8 Å². The van der Waals surface area contributed by atoms with Gasteiger partial charge >= 0.3 is 0 Å². The molecule has 0 saturated carbocycles. The van der Waals surface area contributed by atoms with E-state index < -0.39 is 0 Å². The number of hydrogen-bond acceptors (Lipinski definition) is 9. The zero-order valence-electron chi connectivity index (χ0n) is 25.2. The smallest absolute Gasteiger partial charge is 0.270 e. The molecule has 0 amide bonds. The van der Waals surface area contributed by atoms with Gasteiger partial charge in [-0.1, -0.05) is 96.3 Å². The Morgan fingerprint density at radius 1 is 0.633 bits per heavy atom. The molecule has 0 bridgehead atoms. The Labute approximate surface area is 293 Å². The minimum atomic E-state index is -0.265. The number of nitriles is 2. The third kappa shape index (κ3) is 5.63. The molecule has 0 radical (unpaired) electrons. The topological polar surface area (TPSA) is 116 Å². The van der Waals surface area contributed by atoms with Crippen LogP contribution in [0.5, 0.6) is 0 Å². The Hall–Kier alpha value is -6.08. The van der Waals surface area contributed by atoms with Crippen molar-refractivity contribution in [2.45, 2.75) is 21.5 Å². The maximum absolute atomic E-state index is 13.7. The van der Waals surface area contributed by atoms with Crippen molar-refractivity contribution in [1.29, 1.82) is 10.5 Å². The fraction of sp³-hybridized carbons (Fsp3) is 0.0526. The lowest BCUT2D eigenvalue weighted by Crippen LogP contribution is -2.12. The first kappa shape index (κ1) is 31.5. The molecule has 1 aromatic heterocycles. The van der Waals surface area contributed by atoms with Gasteiger partial charge in [0.2, 0.25) is 10.2 Å². The van der Waals surface area contributed by atoms with Gasteiger partial charge in [0.25, 0.3) is 11.4 Å². The van der Waals surface area contributed by atoms with Crippen LogP contribution in [0.4, 0.5) is 0 Å². The maximum atomic E-state index is 13.7. The third-order valence-corrected chi connectivity index (χ3v) is 11.1. The quantitative estimate of drug-likeness (QED) is 0.103. The summed E-state index contributed by atoms with van der Waals surface area (Å²) in [6.45, 7) is 15.2. The van der Waals surface area contributed by atoms with Gasteiger partial charge in [0, 0.05) is 22.3 Å². The summed E-state index contributed by atoms with van der Waals surface area (Å²) in [5.41, 5.74) is 8.19. The first-order valence-corrected chi connectivity index (χ1v) is 17.1. The van der Waals surface area contributed by atoms with Crippen molar-refractivity contribution in [3.05, 3.63) is 175 Å². The Morgan fingerprint density at radius 3 is 1.45 bits per heavy atom. The van der Waals surface area contributed by atoms with E-state index in [1.165, 1.54) is 0 Å². The molecule has 230 valence electrons. The van der Waals surface area contributed by atoms with E-state index in [1.807, 2.05) is 72.8 Å². The van der Waals surface area contributed by atoms with Crippen LogP contribution < -0.4 is 0 Å². The van der Waals surface area contributed by atoms with Crippen LogP contribution in [0.15, 0.2) is 105 Å². The van der Waals surface area contributed by atoms with E-state index in [0.29, 0.717) is 54.9 Å². The molecule has 0 aliphatic heterocycles. The van der Waals surface area contributed by atoms with Crippen molar-refractivity contribution >= 4 is 56.2 Å². The molecule has 1 heterocycles. The van der Waals surface area contributed by atoms with E-state index >= 15 is 0 Å². The normalized spacial score (nSPS) is 14.3. The van der Waals surface area contributed by atoms with Crippen LogP contribution >= 0.6 is 34.9 Å². The van der Waals surface area contributed by atoms with Crippen LogP contribution in [0.25, 0.3) is 20.8 Å². The SMILES string of the molecule is [C-]#[N+]/C(C#N)=C1/c2ccccc2Cc2c(C(=O)Sc3nnc(SC(=O)c4cccc5c4Cc4ccccc4/C5=C(/C#N)[N+]#[C-])s3)cccc21. The fourth-order valence-electron chi connectivity index (χ4n) is 6.25. The van der Waals surface area contributed by atoms with Crippen LogP contribution in [0.1, 0.15) is 65.2 Å². The van der Waals surface area contributed by atoms with Gasteiger partial charge < -0.3 is 0 Å². The second kappa shape index (κ2) is 13.2. The number of aromatic nitrogens is 2. The van der Waals surface area contributed by atoms with Crippen LogP contribution in [-0.2, 0) is 12.8 Å². The first-order chi connectivity index (χ1) is 23.9. The van der Waals surface area contributed by atoms with Crippen molar-refractivity contribution in [3.63, 3.8) is 0 Å². The zero-order chi connectivity index (χ0) is 34.1. The average Bonchev–Trinajstić information content (AvgIpc) is 3.57. The molecule has 8 nitrogen and oxygen atoms in total. The number of nitrogens with zero attached hydrogens (tertiary/aromatic N) is 6. The minimum Gasteiger partial charge on any atom is -0.281 e. The number of rotatable bonds is 4. The van der Waals surface area contributed by atoms with Crippen molar-refractivity contribution in [3.8, 4) is 12.1 Å². The molecule has 0 unspecified atom stereocenters. The van der Waals surface area contributed by atoms with Gasteiger partial charge in [-0.25, -0.2) is 20.2 Å². The van der Waals surface area contributed by atoms with Gasteiger partial charge in [-0.05, 0) is 80.9 Å². The Bertz CT molecular complexity index is 2300. The monoisotopic (exact) mass is 686 g/mol. The largest absolute Gasteiger partial charge is 0.281 e. The predicted octanol–water partition coefficient (Wildman–Crippen LogP) is 8.62. The molecule has 5 aromatic rings. The van der Waals surface area contributed by atoms with E-state index in [4.69, 9.17) is 13.1 Å². The molecule has 2 aliphatic carbocycles. The van der Waals surface area contributed by atoms with Crippen molar-refractivity contribution in [1.82, 2.24) is 10.2 Å². The van der Waals surface area contributed by atoms with Gasteiger partial charge in [0.15, 0.2) is 8.68 Å². The molecule has 0 atom stereocenters. The lowest BCUT2D eigenvalue weighted by Gasteiger charge is -2.24. The van der Waals surface area contributed by atoms with E-state index in [1.54, 1.807) is 24.3 Å². The highest BCUT2D eigenvalue weighted by Crippen LogP contribution is 2.43. The summed E-state index contributed by atoms with van der Waals surface area (Å²) < 4.78 is 0.738. The molecule has 49 heavy (non-hydrogen) atoms. The molecule has 0 fully saturated rings. The number of thioether (sulfide) groups is 2. The molecule has 7 rings (SSSR count). The molecule has 0 saturated heterocycles. The first-order valence-electron chi connectivity index (χ1n) is 14.7. The standard InChI is InChI=1S/C38H18N6O2S3/c1-41-31(19-39)33-23-11-5-3-9-21(23)17-29-25(33)13-7-15-27(29)35(45)47-37-43-44-38(49-37)48-36(46)28-16-8-14-26-30(28)18-22-10-4-6-12-24(22)34(26)32(20-40)42-2/h3-16H,17-18H2/b33-31-,34-32+. The lowest BCUT2D eigenvalue weighted by molar-refractivity contribution is 0.108. The predicted molar refractivity (Wildman–Crippen MR) is 188 cm³/mol. The number of carbonyl (C=O) groups is 2. The summed E-state index contributed by atoms with van der Waals surface area (Å²) in [5, 5.41) is 27.3. The molecular weight excluding hydrogens is 669 g/mol. The molecule has 4 aromatic carbocycles. The number of allylic oxidation sites excluding steroid dienone is 2. The number of carbonyl (C=O) groups excluding carboxylic acids is 2. The van der Waals surface area contributed by atoms with Crippen molar-refractivity contribution < 1.29 is 9.59 Å². The molecule has 2 aliphatic rings. The maximum Gasteiger partial charge on any atom is 0.270 e. The van der Waals surface area contributed by atoms with Gasteiger partial charge in [0.1, 0.15) is 0 Å². The average molecular weight is 687 g/mol. The number of hydrogen-bond donors (Lipinski definition) is 0. The fourth-order valence-corrected chi connectivity index (χ4v) is 9.06. The van der Waals surface area contributed by atoms with Crippen LogP contribution in [-0.4, -0.2) is 20.4 Å². The molecule has 0 N–H and O–H groups in total. The van der Waals surface area contributed by atoms with Crippen molar-refractivity contribution in [2.75, 3.05) is 0 Å². The molecule has 11 heteroatoms. The highest BCUT2D eigenvalue weighted by Gasteiger charge is 2.29. The van der Waals surface area contributed by atoms with E-state index in [2.05, 4.69) is 19.9 Å². The second-order valence-electron chi connectivity index (χ2n) is 10.8. The summed E-state index contributed by atoms with van der Waals surface area (Å²) in [6.07, 6.45) is 0.933. The Balaban J connectivity index is 1.15. The third-order valence-electron chi connectivity index (χ3n) is 8.30. The highest BCUT2D eigenvalue weighted by molar-refractivity contribution is 8.17. The minimum absolute atomic E-state index is 0.0332. The van der Waals surface area contributed by atoms with Crippen LogP contribution in [0.2, 0.25) is 0 Å². The summed E-state index contributed by atoms with van der Waals surface area (Å²) >= 11 is 2.96. The summed E-state index contributed by atoms with van der Waals surface area (Å²) in [5.74, 6) is 0. The molecular formula is C38H18N6O2S3. The number of fused-ring (bicyclic) bond motifs is 4. The number of benzene rings is 4. The summed E-state index contributed by atoms with van der Waals surface area (Å²) in [6, 6.07) is 29.8. The molecule has 0 spiro atoms. The van der Waals surface area contributed by atoms with Gasteiger partial charge in [-0.3, -0.25) is 9.59 Å². The van der Waals surface area contributed by atoms with Gasteiger partial charge in [-0.15, -0.1) is 10.2 Å². The lowest BCUT2D eigenvalue weighted by atomic mass is 9.79. The summed E-state index contributed by atoms with van der Waals surface area (Å²) in [4.78, 5) is 34.4. The highest BCUT2D eigenvalue weighted by atomic mass is 32.2. The van der Waals surface area contributed by atoms with Crippen LogP contribution in [0.3, 0.4) is 0 Å². The Kier molecular flexibility index (Phi) is 8.49. The van der Waals surface area contributed by atoms with E-state index in [0.717, 1.165) is 68.2 Å². The zero-order valence-corrected chi connectivity index (χ0v) is 27.7. The summed E-state index contributed by atoms with van der Waals surface area (Å²) in [7, 11) is 0. The van der Waals surface area contributed by atoms with Gasteiger partial charge in [-0.2, -0.15) is 0 Å². The second-order valence-corrected chi connectivity index (χ2v) is 14.3.